The predicted molar refractivity (Wildman–Crippen MR) is 87.0 cm³/mol. The normalized spacial score (nSPS) is 11.4. The number of unbranched alkanes of at least 4 members (excludes halogenated alkanes) is 5. The quantitative estimate of drug-likeness (QED) is 0.638. The Kier molecular flexibility index (Phi) is 13.6. The van der Waals surface area contributed by atoms with Gasteiger partial charge in [-0.2, -0.15) is 0 Å². The molecule has 1 rings (SSSR count). The zero-order valence-electron chi connectivity index (χ0n) is 14.0. The maximum atomic E-state index is 10.1. The topological polar surface area (TPSA) is 77.0 Å². The molecule has 4 nitrogen and oxygen atoms in total. The lowest BCUT2D eigenvalue weighted by Gasteiger charge is -2.10. The van der Waals surface area contributed by atoms with Gasteiger partial charge in [0.25, 0.3) is 0 Å². The molecule has 0 fully saturated rings. The number of nitrogens with two attached hydrogens (primary N) is 1. The standard InChI is InChI=1S/C10H20O3.C8H11N/c1-2-3-4-5-6-7-8-9(11)10(12)13;1-9-7-8-5-3-2-4-6-8/h9,11H,2-8H2,1H3,(H,12,13);2-6,9H,7H2,1H3. The molecule has 0 saturated heterocycles. The van der Waals surface area contributed by atoms with Crippen molar-refractivity contribution < 1.29 is 20.3 Å². The molecule has 4 heteroatoms. The summed E-state index contributed by atoms with van der Waals surface area (Å²) in [6, 6.07) is 10.5. The summed E-state index contributed by atoms with van der Waals surface area (Å²) < 4.78 is 0. The van der Waals surface area contributed by atoms with Gasteiger partial charge in [-0.15, -0.1) is 0 Å². The molecule has 0 aromatic heterocycles. The van der Waals surface area contributed by atoms with Crippen molar-refractivity contribution in [3.8, 4) is 0 Å². The fraction of sp³-hybridized carbons (Fsp3) is 0.611. The fourth-order valence-corrected chi connectivity index (χ4v) is 2.09. The van der Waals surface area contributed by atoms with Gasteiger partial charge in [0.05, 0.1) is 19.1 Å². The van der Waals surface area contributed by atoms with Crippen LogP contribution in [0.4, 0.5) is 0 Å². The second-order valence-electron chi connectivity index (χ2n) is 5.49. The average Bonchev–Trinajstić information content (AvgIpc) is 2.52. The number of rotatable bonds is 10. The van der Waals surface area contributed by atoms with Gasteiger partial charge in [0, 0.05) is 5.56 Å². The van der Waals surface area contributed by atoms with Crippen LogP contribution in [0, 0.1) is 0 Å². The van der Waals surface area contributed by atoms with Crippen molar-refractivity contribution in [3.05, 3.63) is 35.9 Å². The number of hydrogen-bond donors (Lipinski definition) is 2. The number of quaternary nitrogens is 1. The second-order valence-corrected chi connectivity index (χ2v) is 5.49. The molecule has 0 radical (unpaired) electrons. The Morgan fingerprint density at radius 2 is 1.73 bits per heavy atom. The molecule has 0 aliphatic heterocycles. The van der Waals surface area contributed by atoms with Gasteiger partial charge in [0.1, 0.15) is 6.54 Å². The molecule has 0 heterocycles. The molecule has 0 amide bonds. The Balaban J connectivity index is 0.000000425. The molecule has 0 aliphatic carbocycles. The van der Waals surface area contributed by atoms with E-state index in [0.29, 0.717) is 6.42 Å². The third kappa shape index (κ3) is 12.4. The molecule has 0 aliphatic rings. The summed E-state index contributed by atoms with van der Waals surface area (Å²) in [6.07, 6.45) is 5.62. The van der Waals surface area contributed by atoms with E-state index in [1.54, 1.807) is 0 Å². The van der Waals surface area contributed by atoms with E-state index >= 15 is 0 Å². The first kappa shape index (κ1) is 20.6. The number of carbonyl (C=O) groups excluding carboxylic acids is 1. The minimum absolute atomic E-state index is 0.328. The monoisotopic (exact) mass is 309 g/mol. The van der Waals surface area contributed by atoms with Gasteiger partial charge in [-0.05, 0) is 6.42 Å². The van der Waals surface area contributed by atoms with Gasteiger partial charge in [0.15, 0.2) is 0 Å². The van der Waals surface area contributed by atoms with Crippen molar-refractivity contribution in [1.29, 1.82) is 0 Å². The highest BCUT2D eigenvalue weighted by atomic mass is 16.4. The number of carboxylic acids is 1. The largest absolute Gasteiger partial charge is 0.547 e. The molecule has 0 bridgehead atoms. The van der Waals surface area contributed by atoms with Crippen LogP contribution in [0.25, 0.3) is 0 Å². The molecular formula is C18H31NO3. The van der Waals surface area contributed by atoms with E-state index in [0.717, 1.165) is 25.8 Å². The maximum Gasteiger partial charge on any atom is 0.101 e. The van der Waals surface area contributed by atoms with Crippen molar-refractivity contribution in [2.45, 2.75) is 64.5 Å². The van der Waals surface area contributed by atoms with Crippen LogP contribution in [0.15, 0.2) is 30.3 Å². The Labute approximate surface area is 134 Å². The highest BCUT2D eigenvalue weighted by Crippen LogP contribution is 2.08. The number of aliphatic hydroxyl groups is 1. The minimum atomic E-state index is -1.35. The van der Waals surface area contributed by atoms with Crippen LogP contribution in [0.2, 0.25) is 0 Å². The van der Waals surface area contributed by atoms with Crippen molar-refractivity contribution in [2.24, 2.45) is 0 Å². The number of carboxylic acid groups (broad SMARTS) is 1. The van der Waals surface area contributed by atoms with E-state index in [9.17, 15) is 9.90 Å². The van der Waals surface area contributed by atoms with Crippen LogP contribution < -0.4 is 10.4 Å². The predicted octanol–water partition coefficient (Wildman–Crippen LogP) is 1.23. The van der Waals surface area contributed by atoms with E-state index in [1.807, 2.05) is 6.07 Å². The molecule has 22 heavy (non-hydrogen) atoms. The Hall–Kier alpha value is -1.39. The Bertz CT molecular complexity index is 368. The van der Waals surface area contributed by atoms with Crippen LogP contribution >= 0.6 is 0 Å². The van der Waals surface area contributed by atoms with Crippen molar-refractivity contribution in [3.63, 3.8) is 0 Å². The molecule has 0 saturated carbocycles. The molecular weight excluding hydrogens is 278 g/mol. The van der Waals surface area contributed by atoms with Gasteiger partial charge in [0.2, 0.25) is 0 Å². The van der Waals surface area contributed by atoms with Gasteiger partial charge in [-0.3, -0.25) is 0 Å². The summed E-state index contributed by atoms with van der Waals surface area (Å²) in [5.74, 6) is -1.35. The summed E-state index contributed by atoms with van der Waals surface area (Å²) in [7, 11) is 2.08. The van der Waals surface area contributed by atoms with E-state index in [-0.39, 0.29) is 0 Å². The number of aliphatic hydroxyl groups excluding tert-OH is 1. The van der Waals surface area contributed by atoms with Crippen LogP contribution in [-0.4, -0.2) is 24.2 Å². The SMILES string of the molecule is CCCCCCCCC(O)C(=O)[O-].C[NH2+]Cc1ccccc1. The van der Waals surface area contributed by atoms with Gasteiger partial charge >= 0.3 is 0 Å². The maximum absolute atomic E-state index is 10.1. The lowest BCUT2D eigenvalue weighted by molar-refractivity contribution is -0.643. The summed E-state index contributed by atoms with van der Waals surface area (Å²) in [5, 5.41) is 21.1. The smallest absolute Gasteiger partial charge is 0.101 e. The van der Waals surface area contributed by atoms with Crippen LogP contribution in [0.1, 0.15) is 57.4 Å². The first-order valence-corrected chi connectivity index (χ1v) is 8.32. The molecule has 0 spiro atoms. The zero-order valence-corrected chi connectivity index (χ0v) is 14.0. The first-order valence-electron chi connectivity index (χ1n) is 8.32. The second kappa shape index (κ2) is 14.5. The Morgan fingerprint density at radius 3 is 2.27 bits per heavy atom. The highest BCUT2D eigenvalue weighted by Gasteiger charge is 2.03. The molecule has 1 aromatic carbocycles. The third-order valence-electron chi connectivity index (χ3n) is 3.39. The molecule has 1 aromatic rings. The lowest BCUT2D eigenvalue weighted by atomic mass is 10.1. The highest BCUT2D eigenvalue weighted by molar-refractivity contribution is 5.69. The van der Waals surface area contributed by atoms with Crippen molar-refractivity contribution in [1.82, 2.24) is 0 Å². The lowest BCUT2D eigenvalue weighted by Crippen LogP contribution is -2.77. The Morgan fingerprint density at radius 1 is 1.14 bits per heavy atom. The van der Waals surface area contributed by atoms with E-state index in [1.165, 1.54) is 24.8 Å². The minimum Gasteiger partial charge on any atom is -0.547 e. The molecule has 126 valence electrons. The van der Waals surface area contributed by atoms with Crippen LogP contribution in [0.5, 0.6) is 0 Å². The summed E-state index contributed by atoms with van der Waals surface area (Å²) >= 11 is 0. The van der Waals surface area contributed by atoms with E-state index < -0.39 is 12.1 Å². The van der Waals surface area contributed by atoms with Gasteiger partial charge < -0.3 is 20.3 Å². The van der Waals surface area contributed by atoms with Crippen molar-refractivity contribution in [2.75, 3.05) is 7.05 Å². The molecule has 1 atom stereocenters. The van der Waals surface area contributed by atoms with Crippen LogP contribution in [-0.2, 0) is 11.3 Å². The molecule has 1 unspecified atom stereocenters. The summed E-state index contributed by atoms with van der Waals surface area (Å²) in [6.45, 7) is 3.24. The zero-order chi connectivity index (χ0) is 16.6. The van der Waals surface area contributed by atoms with Crippen molar-refractivity contribution >= 4 is 5.97 Å². The number of hydrogen-bond acceptors (Lipinski definition) is 3. The van der Waals surface area contributed by atoms with Crippen LogP contribution in [0.3, 0.4) is 0 Å². The third-order valence-corrected chi connectivity index (χ3v) is 3.39. The average molecular weight is 309 g/mol. The van der Waals surface area contributed by atoms with E-state index in [4.69, 9.17) is 5.11 Å². The number of aliphatic carboxylic acids is 1. The summed E-state index contributed by atoms with van der Waals surface area (Å²) in [4.78, 5) is 10.1. The number of carbonyl (C=O) groups is 1. The van der Waals surface area contributed by atoms with Gasteiger partial charge in [-0.25, -0.2) is 0 Å². The fourth-order valence-electron chi connectivity index (χ4n) is 2.09. The number of benzene rings is 1. The summed E-state index contributed by atoms with van der Waals surface area (Å²) in [5.41, 5.74) is 1.39. The van der Waals surface area contributed by atoms with Gasteiger partial charge in [-0.1, -0.05) is 75.8 Å². The molecule has 3 N–H and O–H groups in total. The first-order chi connectivity index (χ1) is 10.6. The van der Waals surface area contributed by atoms with E-state index in [2.05, 4.69) is 43.6 Å².